The molecule has 1 aliphatic rings. The lowest BCUT2D eigenvalue weighted by molar-refractivity contribution is -0.135. The highest BCUT2D eigenvalue weighted by atomic mass is 79.9. The molecule has 0 spiro atoms. The van der Waals surface area contributed by atoms with E-state index in [1.165, 1.54) is 4.90 Å². The van der Waals surface area contributed by atoms with Gasteiger partial charge in [-0.1, -0.05) is 12.1 Å². The lowest BCUT2D eigenvalue weighted by Gasteiger charge is -2.14. The van der Waals surface area contributed by atoms with Crippen molar-refractivity contribution in [1.29, 1.82) is 0 Å². The van der Waals surface area contributed by atoms with Crippen LogP contribution in [0.15, 0.2) is 29.2 Å². The van der Waals surface area contributed by atoms with Gasteiger partial charge in [-0.2, -0.15) is 0 Å². The molecule has 5 heteroatoms. The Morgan fingerprint density at radius 3 is 2.93 bits per heavy atom. The van der Waals surface area contributed by atoms with Crippen LogP contribution in [0.2, 0.25) is 0 Å². The Labute approximate surface area is 96.9 Å². The summed E-state index contributed by atoms with van der Waals surface area (Å²) in [5, 5.41) is 8.65. The van der Waals surface area contributed by atoms with Crippen molar-refractivity contribution in [3.05, 3.63) is 24.3 Å². The average molecular weight is 276 g/mol. The van der Waals surface area contributed by atoms with Crippen molar-refractivity contribution in [3.63, 3.8) is 0 Å². The van der Waals surface area contributed by atoms with E-state index in [2.05, 4.69) is 0 Å². The van der Waals surface area contributed by atoms with E-state index in [0.29, 0.717) is 0 Å². The Hall–Kier alpha value is -0.680. The molecule has 0 fully saturated rings. The summed E-state index contributed by atoms with van der Waals surface area (Å²) in [4.78, 5) is 13.5. The van der Waals surface area contributed by atoms with Crippen molar-refractivity contribution in [2.24, 2.45) is 0 Å². The summed E-state index contributed by atoms with van der Waals surface area (Å²) in [5.41, 5.74) is 1.04. The predicted octanol–water partition coefficient (Wildman–Crippen LogP) is 2.22. The molecule has 1 aromatic rings. The molecule has 1 aliphatic heterocycles. The smallest absolute Gasteiger partial charge is 0.323 e. The van der Waals surface area contributed by atoms with Crippen LogP contribution in [0.5, 0.6) is 0 Å². The molecule has 0 bridgehead atoms. The Morgan fingerprint density at radius 2 is 2.21 bits per heavy atom. The minimum atomic E-state index is -0.780. The van der Waals surface area contributed by atoms with Gasteiger partial charge in [0.1, 0.15) is 6.54 Å². The fourth-order valence-corrected chi connectivity index (χ4v) is 2.40. The van der Waals surface area contributed by atoms with Gasteiger partial charge in [0, 0.05) is 4.90 Å². The Morgan fingerprint density at radius 1 is 1.50 bits per heavy atom. The number of carbonyl (C=O) groups is 1. The highest BCUT2D eigenvalue weighted by Crippen LogP contribution is 2.37. The quantitative estimate of drug-likeness (QED) is 0.899. The predicted molar refractivity (Wildman–Crippen MR) is 62.5 cm³/mol. The second-order valence-corrected chi connectivity index (χ2v) is 3.82. The minimum absolute atomic E-state index is 0. The van der Waals surface area contributed by atoms with Crippen LogP contribution in [0.25, 0.3) is 0 Å². The number of nitrogens with zero attached hydrogens (tertiary/aromatic N) is 1. The number of benzene rings is 1. The van der Waals surface area contributed by atoms with Crippen LogP contribution in [-0.2, 0) is 4.79 Å². The van der Waals surface area contributed by atoms with Crippen molar-refractivity contribution >= 4 is 40.4 Å². The van der Waals surface area contributed by atoms with Crippen LogP contribution in [0.3, 0.4) is 0 Å². The van der Waals surface area contributed by atoms with E-state index in [4.69, 9.17) is 5.11 Å². The third-order valence-electron chi connectivity index (χ3n) is 1.91. The molecular formula is C9H10BrNO2S. The van der Waals surface area contributed by atoms with E-state index in [-0.39, 0.29) is 23.5 Å². The van der Waals surface area contributed by atoms with Gasteiger partial charge in [-0.05, 0) is 12.1 Å². The molecule has 0 saturated carbocycles. The number of rotatable bonds is 2. The van der Waals surface area contributed by atoms with Gasteiger partial charge in [0.15, 0.2) is 0 Å². The van der Waals surface area contributed by atoms with Crippen LogP contribution in [-0.4, -0.2) is 23.5 Å². The summed E-state index contributed by atoms with van der Waals surface area (Å²) in [6.07, 6.45) is 0. The number of fused-ring (bicyclic) bond motifs is 1. The number of carboxylic acid groups (broad SMARTS) is 1. The summed E-state index contributed by atoms with van der Waals surface area (Å²) in [6, 6.07) is 7.87. The zero-order chi connectivity index (χ0) is 9.26. The van der Waals surface area contributed by atoms with Crippen molar-refractivity contribution < 1.29 is 9.90 Å². The number of hydrogen-bond donors (Lipinski definition) is 1. The zero-order valence-corrected chi connectivity index (χ0v) is 9.87. The summed E-state index contributed by atoms with van der Waals surface area (Å²) >= 11 is 1.68. The van der Waals surface area contributed by atoms with Crippen molar-refractivity contribution in [2.75, 3.05) is 17.3 Å². The van der Waals surface area contributed by atoms with Gasteiger partial charge in [-0.25, -0.2) is 0 Å². The van der Waals surface area contributed by atoms with Crippen molar-refractivity contribution in [1.82, 2.24) is 0 Å². The van der Waals surface area contributed by atoms with Crippen molar-refractivity contribution in [2.45, 2.75) is 4.90 Å². The second kappa shape index (κ2) is 4.70. The van der Waals surface area contributed by atoms with Crippen LogP contribution in [0.1, 0.15) is 0 Å². The molecule has 0 unspecified atom stereocenters. The van der Waals surface area contributed by atoms with Crippen LogP contribution < -0.4 is 4.90 Å². The zero-order valence-electron chi connectivity index (χ0n) is 7.34. The first kappa shape index (κ1) is 11.4. The summed E-state index contributed by atoms with van der Waals surface area (Å²) in [5.74, 6) is -0.0386. The maximum Gasteiger partial charge on any atom is 0.323 e. The molecule has 14 heavy (non-hydrogen) atoms. The molecule has 0 radical (unpaired) electrons. The van der Waals surface area contributed by atoms with E-state index < -0.39 is 5.97 Å². The number of hydrogen-bond acceptors (Lipinski definition) is 3. The Balaban J connectivity index is 0.000000980. The molecule has 1 N–H and O–H groups in total. The van der Waals surface area contributed by atoms with Crippen LogP contribution in [0.4, 0.5) is 5.69 Å². The van der Waals surface area contributed by atoms with Gasteiger partial charge in [0.05, 0.1) is 11.6 Å². The lowest BCUT2D eigenvalue weighted by atomic mass is 10.3. The molecule has 3 nitrogen and oxygen atoms in total. The van der Waals surface area contributed by atoms with Gasteiger partial charge in [-0.15, -0.1) is 28.7 Å². The molecule has 1 heterocycles. The summed E-state index contributed by atoms with van der Waals surface area (Å²) in [6.45, 7) is 0.0873. The normalized spacial score (nSPS) is 13.3. The Bertz CT molecular complexity index is 345. The third kappa shape index (κ3) is 2.22. The molecule has 1 aromatic carbocycles. The maximum absolute atomic E-state index is 10.5. The topological polar surface area (TPSA) is 40.5 Å². The molecule has 0 aromatic heterocycles. The molecule has 2 rings (SSSR count). The maximum atomic E-state index is 10.5. The molecular weight excluding hydrogens is 266 g/mol. The van der Waals surface area contributed by atoms with Gasteiger partial charge in [-0.3, -0.25) is 4.79 Å². The van der Waals surface area contributed by atoms with E-state index >= 15 is 0 Å². The SMILES string of the molecule is Br.O=C(O)CN1CSc2ccccc21. The van der Waals surface area contributed by atoms with Crippen molar-refractivity contribution in [3.8, 4) is 0 Å². The van der Waals surface area contributed by atoms with Gasteiger partial charge in [0.25, 0.3) is 0 Å². The number of thioether (sulfide) groups is 1. The fourth-order valence-electron chi connectivity index (χ4n) is 1.35. The molecule has 0 saturated heterocycles. The second-order valence-electron chi connectivity index (χ2n) is 2.83. The average Bonchev–Trinajstić information content (AvgIpc) is 2.48. The largest absolute Gasteiger partial charge is 0.480 e. The minimum Gasteiger partial charge on any atom is -0.480 e. The number of para-hydroxylation sites is 1. The highest BCUT2D eigenvalue weighted by molar-refractivity contribution is 8.93. The number of carboxylic acids is 1. The molecule has 76 valence electrons. The number of halogens is 1. The van der Waals surface area contributed by atoms with Gasteiger partial charge < -0.3 is 10.0 Å². The number of anilines is 1. The first-order chi connectivity index (χ1) is 6.27. The summed E-state index contributed by atoms with van der Waals surface area (Å²) < 4.78 is 0. The number of aliphatic carboxylic acids is 1. The summed E-state index contributed by atoms with van der Waals surface area (Å²) in [7, 11) is 0. The third-order valence-corrected chi connectivity index (χ3v) is 3.00. The van der Waals surface area contributed by atoms with Crippen LogP contribution in [0, 0.1) is 0 Å². The fraction of sp³-hybridized carbons (Fsp3) is 0.222. The van der Waals surface area contributed by atoms with Gasteiger partial charge >= 0.3 is 5.97 Å². The van der Waals surface area contributed by atoms with Gasteiger partial charge in [0.2, 0.25) is 0 Å². The van der Waals surface area contributed by atoms with E-state index in [1.54, 1.807) is 11.8 Å². The first-order valence-electron chi connectivity index (χ1n) is 3.96. The first-order valence-corrected chi connectivity index (χ1v) is 4.94. The molecule has 0 atom stereocenters. The highest BCUT2D eigenvalue weighted by Gasteiger charge is 2.20. The monoisotopic (exact) mass is 275 g/mol. The van der Waals surface area contributed by atoms with Crippen LogP contribution >= 0.6 is 28.7 Å². The Kier molecular flexibility index (Phi) is 3.83. The standard InChI is InChI=1S/C9H9NO2S.BrH/c11-9(12)5-10-6-13-8-4-2-1-3-7(8)10;/h1-4H,5-6H2,(H,11,12);1H. The molecule has 0 aliphatic carbocycles. The molecule has 0 amide bonds. The van der Waals surface area contributed by atoms with E-state index in [0.717, 1.165) is 11.6 Å². The van der Waals surface area contributed by atoms with E-state index in [9.17, 15) is 4.79 Å². The van der Waals surface area contributed by atoms with E-state index in [1.807, 2.05) is 29.2 Å². The lowest BCUT2D eigenvalue weighted by Crippen LogP contribution is -2.26.